The third-order valence-electron chi connectivity index (χ3n) is 8.66. The Bertz CT molecular complexity index is 1590. The predicted octanol–water partition coefficient (Wildman–Crippen LogP) is 6.09. The van der Waals surface area contributed by atoms with E-state index >= 15 is 0 Å². The summed E-state index contributed by atoms with van der Waals surface area (Å²) in [6, 6.07) is 4.42. The minimum absolute atomic E-state index is 0.187. The van der Waals surface area contributed by atoms with E-state index in [2.05, 4.69) is 65.9 Å². The molecule has 0 aromatic carbocycles. The van der Waals surface area contributed by atoms with Crippen LogP contribution < -0.4 is 11.1 Å². The molecule has 40 heavy (non-hydrogen) atoms. The molecule has 4 heterocycles. The molecule has 0 bridgehead atoms. The fourth-order valence-corrected chi connectivity index (χ4v) is 5.83. The highest BCUT2D eigenvalue weighted by atomic mass is 16.5. The molecule has 2 aliphatic carbocycles. The number of aromatic amines is 1. The number of rotatable bonds is 9. The van der Waals surface area contributed by atoms with Gasteiger partial charge in [0.15, 0.2) is 17.3 Å². The Kier molecular flexibility index (Phi) is 7.25. The number of allylic oxidation sites excluding steroid dienone is 2. The maximum absolute atomic E-state index is 11.7. The lowest BCUT2D eigenvalue weighted by atomic mass is 9.80. The van der Waals surface area contributed by atoms with E-state index in [1.54, 1.807) is 5.57 Å². The maximum atomic E-state index is 11.7. The van der Waals surface area contributed by atoms with Gasteiger partial charge in [-0.15, -0.1) is 0 Å². The van der Waals surface area contributed by atoms with Crippen LogP contribution in [0, 0.1) is 11.8 Å². The van der Waals surface area contributed by atoms with Crippen molar-refractivity contribution in [2.24, 2.45) is 11.8 Å². The van der Waals surface area contributed by atoms with Crippen LogP contribution in [0.2, 0.25) is 0 Å². The average molecular weight is 543 g/mol. The van der Waals surface area contributed by atoms with E-state index in [0.717, 1.165) is 49.3 Å². The fourth-order valence-electron chi connectivity index (χ4n) is 5.83. The van der Waals surface area contributed by atoms with Gasteiger partial charge in [-0.05, 0) is 80.9 Å². The highest BCUT2D eigenvalue weighted by Crippen LogP contribution is 2.36. The van der Waals surface area contributed by atoms with Crippen molar-refractivity contribution in [3.05, 3.63) is 46.1 Å². The molecule has 0 spiro atoms. The van der Waals surface area contributed by atoms with Crippen LogP contribution >= 0.6 is 0 Å². The van der Waals surface area contributed by atoms with Gasteiger partial charge in [0.25, 0.3) is 0 Å². The molecule has 2 N–H and O–H groups in total. The summed E-state index contributed by atoms with van der Waals surface area (Å²) in [7, 11) is 0. The van der Waals surface area contributed by atoms with E-state index in [9.17, 15) is 4.79 Å². The summed E-state index contributed by atoms with van der Waals surface area (Å²) < 4.78 is 7.03. The van der Waals surface area contributed by atoms with Crippen molar-refractivity contribution in [3.63, 3.8) is 0 Å². The maximum Gasteiger partial charge on any atom is 0.439 e. The van der Waals surface area contributed by atoms with Crippen LogP contribution in [0.5, 0.6) is 0 Å². The summed E-state index contributed by atoms with van der Waals surface area (Å²) in [5, 5.41) is 7.55. The van der Waals surface area contributed by atoms with Crippen LogP contribution in [-0.4, -0.2) is 40.7 Å². The molecule has 0 aliphatic heterocycles. The molecule has 210 valence electrons. The van der Waals surface area contributed by atoms with Crippen LogP contribution in [-0.2, 0) is 6.54 Å². The summed E-state index contributed by atoms with van der Waals surface area (Å²) in [6.07, 6.45) is 12.4. The zero-order chi connectivity index (χ0) is 27.8. The molecular formula is C30H38N8O2. The topological polar surface area (TPSA) is 127 Å². The number of H-pyrrole nitrogens is 1. The van der Waals surface area contributed by atoms with E-state index < -0.39 is 5.76 Å². The minimum atomic E-state index is -0.645. The molecule has 4 aromatic rings. The Hall–Kier alpha value is -3.82. The van der Waals surface area contributed by atoms with Crippen molar-refractivity contribution in [2.75, 3.05) is 5.32 Å². The smallest absolute Gasteiger partial charge is 0.365 e. The zero-order valence-corrected chi connectivity index (χ0v) is 23.8. The first-order valence-corrected chi connectivity index (χ1v) is 14.6. The van der Waals surface area contributed by atoms with E-state index in [-0.39, 0.29) is 17.7 Å². The van der Waals surface area contributed by atoms with Gasteiger partial charge >= 0.3 is 5.76 Å². The van der Waals surface area contributed by atoms with Gasteiger partial charge in [-0.1, -0.05) is 44.0 Å². The molecule has 10 nitrogen and oxygen atoms in total. The second-order valence-corrected chi connectivity index (χ2v) is 11.7. The fraction of sp³-hybridized carbons (Fsp3) is 0.533. The number of anilines is 1. The van der Waals surface area contributed by atoms with Gasteiger partial charge in [0.05, 0.1) is 0 Å². The monoisotopic (exact) mass is 542 g/mol. The van der Waals surface area contributed by atoms with Gasteiger partial charge in [0, 0.05) is 18.8 Å². The molecule has 0 amide bonds. The Morgan fingerprint density at radius 2 is 2.02 bits per heavy atom. The number of fused-ring (bicyclic) bond motifs is 1. The Morgan fingerprint density at radius 3 is 2.67 bits per heavy atom. The first kappa shape index (κ1) is 26.4. The first-order valence-electron chi connectivity index (χ1n) is 14.6. The van der Waals surface area contributed by atoms with Gasteiger partial charge in [-0.25, -0.2) is 19.7 Å². The molecular weight excluding hydrogens is 504 g/mol. The second-order valence-electron chi connectivity index (χ2n) is 11.7. The van der Waals surface area contributed by atoms with Crippen LogP contribution in [0.1, 0.15) is 84.1 Å². The van der Waals surface area contributed by atoms with Crippen LogP contribution in [0.4, 0.5) is 5.82 Å². The summed E-state index contributed by atoms with van der Waals surface area (Å²) in [5.41, 5.74) is 4.98. The predicted molar refractivity (Wildman–Crippen MR) is 155 cm³/mol. The lowest BCUT2D eigenvalue weighted by Crippen LogP contribution is -2.31. The molecule has 10 heteroatoms. The molecule has 6 rings (SSSR count). The summed E-state index contributed by atoms with van der Waals surface area (Å²) >= 11 is 0. The molecule has 2 aliphatic rings. The van der Waals surface area contributed by atoms with Crippen LogP contribution in [0.15, 0.2) is 39.3 Å². The summed E-state index contributed by atoms with van der Waals surface area (Å²) in [6.45, 7) is 9.61. The Morgan fingerprint density at radius 1 is 1.18 bits per heavy atom. The van der Waals surface area contributed by atoms with Gasteiger partial charge in [-0.2, -0.15) is 0 Å². The molecule has 1 saturated carbocycles. The third-order valence-corrected chi connectivity index (χ3v) is 8.66. The van der Waals surface area contributed by atoms with Crippen molar-refractivity contribution in [3.8, 4) is 23.2 Å². The average Bonchev–Trinajstić information content (AvgIpc) is 3.52. The first-order chi connectivity index (χ1) is 19.4. The van der Waals surface area contributed by atoms with E-state index in [1.165, 1.54) is 24.8 Å². The molecule has 1 fully saturated rings. The van der Waals surface area contributed by atoms with Crippen LogP contribution in [0.3, 0.4) is 0 Å². The van der Waals surface area contributed by atoms with Crippen molar-refractivity contribution >= 4 is 17.0 Å². The number of hydrogen-bond donors (Lipinski definition) is 2. The van der Waals surface area contributed by atoms with Gasteiger partial charge in [0.1, 0.15) is 11.2 Å². The number of imidazole rings is 1. The number of nitrogens with zero attached hydrogens (tertiary/aromatic N) is 6. The standard InChI is InChI=1S/C30H38N8O2/c1-5-19-9-11-20(12-10-19)16-38-24-25(32-18(4)21-7-6-8-21)33-27(28-36-30(39)40-37-28)34-26(24)35-29(38)23-15-22(17(2)3)13-14-31-23/h9,13-15,17-18,20-21H,5-8,10-12,16H2,1-4H3,(H,32,33,34)(H,36,37,39). The van der Waals surface area contributed by atoms with E-state index in [1.807, 2.05) is 6.20 Å². The summed E-state index contributed by atoms with van der Waals surface area (Å²) in [4.78, 5) is 33.8. The van der Waals surface area contributed by atoms with Gasteiger partial charge < -0.3 is 9.88 Å². The molecule has 2 unspecified atom stereocenters. The zero-order valence-electron chi connectivity index (χ0n) is 23.8. The van der Waals surface area contributed by atoms with Gasteiger partial charge in [0.2, 0.25) is 11.6 Å². The Balaban J connectivity index is 1.52. The molecule has 0 saturated heterocycles. The minimum Gasteiger partial charge on any atom is -0.365 e. The van der Waals surface area contributed by atoms with Crippen molar-refractivity contribution in [1.82, 2.24) is 34.6 Å². The van der Waals surface area contributed by atoms with Crippen LogP contribution in [0.25, 0.3) is 34.3 Å². The number of hydrogen-bond acceptors (Lipinski definition) is 8. The quantitative estimate of drug-likeness (QED) is 0.243. The Labute approximate surface area is 233 Å². The lowest BCUT2D eigenvalue weighted by molar-refractivity contribution is 0.285. The van der Waals surface area contributed by atoms with Gasteiger partial charge in [-0.3, -0.25) is 14.5 Å². The molecule has 2 atom stereocenters. The van der Waals surface area contributed by atoms with E-state index in [4.69, 9.17) is 24.5 Å². The summed E-state index contributed by atoms with van der Waals surface area (Å²) in [5.74, 6) is 2.73. The second kappa shape index (κ2) is 11.0. The van der Waals surface area contributed by atoms with E-state index in [0.29, 0.717) is 29.2 Å². The van der Waals surface area contributed by atoms with Crippen molar-refractivity contribution in [1.29, 1.82) is 0 Å². The van der Waals surface area contributed by atoms with Crippen molar-refractivity contribution < 1.29 is 4.52 Å². The molecule has 4 aromatic heterocycles. The number of pyridine rings is 1. The SMILES string of the molecule is CCC1=CCC(Cn2c(-c3cc(C(C)C)ccn3)nc3nc(-c4noc(=O)[nH]4)nc(NC(C)C4CCC4)c32)CC1. The molecule has 0 radical (unpaired) electrons. The van der Waals surface area contributed by atoms with Crippen molar-refractivity contribution in [2.45, 2.75) is 91.1 Å². The third kappa shape index (κ3) is 5.19. The largest absolute Gasteiger partial charge is 0.439 e. The number of nitrogens with one attached hydrogen (secondary N) is 2. The highest BCUT2D eigenvalue weighted by molar-refractivity contribution is 5.88. The number of aromatic nitrogens is 7. The lowest BCUT2D eigenvalue weighted by Gasteiger charge is -2.32. The highest BCUT2D eigenvalue weighted by Gasteiger charge is 2.28. The normalized spacial score (nSPS) is 18.6.